The maximum atomic E-state index is 12.2. The Labute approximate surface area is 142 Å². The first-order chi connectivity index (χ1) is 11.6. The summed E-state index contributed by atoms with van der Waals surface area (Å²) in [6, 6.07) is 8.09. The van der Waals surface area contributed by atoms with Gasteiger partial charge in [-0.05, 0) is 30.9 Å². The maximum absolute atomic E-state index is 12.2. The van der Waals surface area contributed by atoms with E-state index in [2.05, 4.69) is 27.0 Å². The summed E-state index contributed by atoms with van der Waals surface area (Å²) in [5.74, 6) is 0.984. The minimum absolute atomic E-state index is 0.107. The zero-order valence-electron chi connectivity index (χ0n) is 14.0. The molecule has 0 saturated carbocycles. The van der Waals surface area contributed by atoms with E-state index in [4.69, 9.17) is 0 Å². The Morgan fingerprint density at radius 3 is 3.00 bits per heavy atom. The van der Waals surface area contributed by atoms with E-state index in [9.17, 15) is 9.90 Å². The molecule has 128 valence electrons. The summed E-state index contributed by atoms with van der Waals surface area (Å²) < 4.78 is 2.09. The smallest absolute Gasteiger partial charge is 0.317 e. The van der Waals surface area contributed by atoms with Crippen LogP contribution in [0.25, 0.3) is 0 Å². The topological polar surface area (TPSA) is 70.4 Å². The Morgan fingerprint density at radius 1 is 1.42 bits per heavy atom. The number of amides is 2. The molecule has 1 unspecified atom stereocenters. The van der Waals surface area contributed by atoms with Crippen molar-refractivity contribution < 1.29 is 9.90 Å². The monoisotopic (exact) mass is 328 g/mol. The van der Waals surface area contributed by atoms with Crippen LogP contribution in [0.1, 0.15) is 29.8 Å². The number of likely N-dealkylation sites (tertiary alicyclic amines) is 1. The molecule has 0 radical (unpaired) electrons. The largest absolute Gasteiger partial charge is 0.391 e. The summed E-state index contributed by atoms with van der Waals surface area (Å²) >= 11 is 0. The van der Waals surface area contributed by atoms with Crippen molar-refractivity contribution in [2.24, 2.45) is 0 Å². The molecule has 0 bridgehead atoms. The number of aryl methyl sites for hydroxylation is 1. The minimum atomic E-state index is -0.397. The molecule has 1 saturated heterocycles. The van der Waals surface area contributed by atoms with Crippen LogP contribution in [0.15, 0.2) is 36.7 Å². The fraction of sp³-hybridized carbons (Fsp3) is 0.444. The standard InChI is InChI=1S/C18H24N4O2/c1-14-19-7-9-21(14)12-16-5-2-4-15(10-16)11-20-18(24)22-8-3-6-17(23)13-22/h2,4-5,7,9-10,17,23H,3,6,8,11-13H2,1H3,(H,20,24). The Kier molecular flexibility index (Phi) is 5.15. The number of nitrogens with one attached hydrogen (secondary N) is 1. The number of β-amino-alcohol motifs (C(OH)–C–C–N with tert-alkyl or cyclic N) is 1. The van der Waals surface area contributed by atoms with Gasteiger partial charge in [0.1, 0.15) is 5.82 Å². The lowest BCUT2D eigenvalue weighted by atomic mass is 10.1. The van der Waals surface area contributed by atoms with Crippen LogP contribution in [0, 0.1) is 6.92 Å². The molecule has 1 aliphatic heterocycles. The van der Waals surface area contributed by atoms with Gasteiger partial charge in [0.25, 0.3) is 0 Å². The number of rotatable bonds is 4. The second kappa shape index (κ2) is 7.49. The van der Waals surface area contributed by atoms with Crippen LogP contribution < -0.4 is 5.32 Å². The van der Waals surface area contributed by atoms with Gasteiger partial charge >= 0.3 is 6.03 Å². The van der Waals surface area contributed by atoms with Crippen LogP contribution >= 0.6 is 0 Å². The van der Waals surface area contributed by atoms with E-state index >= 15 is 0 Å². The van der Waals surface area contributed by atoms with Gasteiger partial charge in [-0.3, -0.25) is 0 Å². The van der Waals surface area contributed by atoms with Crippen molar-refractivity contribution in [3.8, 4) is 0 Å². The number of carbonyl (C=O) groups excluding carboxylic acids is 1. The number of piperidine rings is 1. The van der Waals surface area contributed by atoms with E-state index in [1.807, 2.05) is 25.3 Å². The highest BCUT2D eigenvalue weighted by Crippen LogP contribution is 2.11. The molecule has 1 aliphatic rings. The molecule has 1 aromatic carbocycles. The Morgan fingerprint density at radius 2 is 2.25 bits per heavy atom. The van der Waals surface area contributed by atoms with Crippen molar-refractivity contribution in [2.45, 2.75) is 39.0 Å². The van der Waals surface area contributed by atoms with Crippen LogP contribution in [0.3, 0.4) is 0 Å². The van der Waals surface area contributed by atoms with Crippen LogP contribution in [-0.2, 0) is 13.1 Å². The summed E-state index contributed by atoms with van der Waals surface area (Å²) in [6.45, 7) is 4.37. The number of hydrogen-bond acceptors (Lipinski definition) is 3. The van der Waals surface area contributed by atoms with Crippen molar-refractivity contribution in [2.75, 3.05) is 13.1 Å². The number of imidazole rings is 1. The van der Waals surface area contributed by atoms with Gasteiger partial charge < -0.3 is 19.9 Å². The molecule has 6 nitrogen and oxygen atoms in total. The third-order valence-electron chi connectivity index (χ3n) is 4.40. The van der Waals surface area contributed by atoms with Crippen molar-refractivity contribution in [3.63, 3.8) is 0 Å². The van der Waals surface area contributed by atoms with Crippen molar-refractivity contribution >= 4 is 6.03 Å². The Hall–Kier alpha value is -2.34. The summed E-state index contributed by atoms with van der Waals surface area (Å²) in [4.78, 5) is 18.1. The van der Waals surface area contributed by atoms with Crippen molar-refractivity contribution in [3.05, 3.63) is 53.6 Å². The highest BCUT2D eigenvalue weighted by Gasteiger charge is 2.21. The summed E-state index contributed by atoms with van der Waals surface area (Å²) in [7, 11) is 0. The second-order valence-corrected chi connectivity index (χ2v) is 6.32. The Bertz CT molecular complexity index is 698. The van der Waals surface area contributed by atoms with Crippen LogP contribution in [-0.4, -0.2) is 44.8 Å². The number of carbonyl (C=O) groups is 1. The van der Waals surface area contributed by atoms with E-state index in [1.54, 1.807) is 11.1 Å². The second-order valence-electron chi connectivity index (χ2n) is 6.32. The first kappa shape index (κ1) is 16.5. The zero-order valence-corrected chi connectivity index (χ0v) is 14.0. The number of aliphatic hydroxyl groups excluding tert-OH is 1. The SMILES string of the molecule is Cc1nccn1Cc1cccc(CNC(=O)N2CCCC(O)C2)c1. The first-order valence-corrected chi connectivity index (χ1v) is 8.38. The minimum Gasteiger partial charge on any atom is -0.391 e. The number of aliphatic hydroxyl groups is 1. The molecule has 1 fully saturated rings. The van der Waals surface area contributed by atoms with Crippen LogP contribution in [0.4, 0.5) is 4.79 Å². The van der Waals surface area contributed by atoms with E-state index in [1.165, 1.54) is 5.56 Å². The molecule has 1 aromatic heterocycles. The van der Waals surface area contributed by atoms with Crippen molar-refractivity contribution in [1.82, 2.24) is 19.8 Å². The molecule has 3 rings (SSSR count). The average Bonchev–Trinajstić information content (AvgIpc) is 2.98. The molecule has 24 heavy (non-hydrogen) atoms. The van der Waals surface area contributed by atoms with Gasteiger partial charge in [-0.15, -0.1) is 0 Å². The zero-order chi connectivity index (χ0) is 16.9. The van der Waals surface area contributed by atoms with E-state index < -0.39 is 6.10 Å². The Balaban J connectivity index is 1.56. The fourth-order valence-corrected chi connectivity index (χ4v) is 3.03. The first-order valence-electron chi connectivity index (χ1n) is 8.38. The number of hydrogen-bond donors (Lipinski definition) is 2. The van der Waals surface area contributed by atoms with Gasteiger partial charge in [-0.1, -0.05) is 24.3 Å². The summed E-state index contributed by atoms with van der Waals surface area (Å²) in [5.41, 5.74) is 2.24. The molecule has 2 N–H and O–H groups in total. The van der Waals surface area contributed by atoms with Gasteiger partial charge in [-0.25, -0.2) is 9.78 Å². The van der Waals surface area contributed by atoms with Gasteiger partial charge in [0.2, 0.25) is 0 Å². The lowest BCUT2D eigenvalue weighted by Gasteiger charge is -2.30. The highest BCUT2D eigenvalue weighted by atomic mass is 16.3. The van der Waals surface area contributed by atoms with Gasteiger partial charge in [-0.2, -0.15) is 0 Å². The summed E-state index contributed by atoms with van der Waals surface area (Å²) in [6.07, 6.45) is 5.00. The predicted molar refractivity (Wildman–Crippen MR) is 91.6 cm³/mol. The van der Waals surface area contributed by atoms with Crippen LogP contribution in [0.5, 0.6) is 0 Å². The van der Waals surface area contributed by atoms with Crippen LogP contribution in [0.2, 0.25) is 0 Å². The van der Waals surface area contributed by atoms with Gasteiger partial charge in [0.05, 0.1) is 6.10 Å². The normalized spacial score (nSPS) is 17.8. The molecule has 2 amide bonds. The van der Waals surface area contributed by atoms with Crippen molar-refractivity contribution in [1.29, 1.82) is 0 Å². The molecule has 2 aromatic rings. The molecule has 1 atom stereocenters. The highest BCUT2D eigenvalue weighted by molar-refractivity contribution is 5.74. The maximum Gasteiger partial charge on any atom is 0.317 e. The molecule has 2 heterocycles. The lowest BCUT2D eigenvalue weighted by Crippen LogP contribution is -2.46. The lowest BCUT2D eigenvalue weighted by molar-refractivity contribution is 0.0842. The molecule has 0 spiro atoms. The average molecular weight is 328 g/mol. The molecular weight excluding hydrogens is 304 g/mol. The summed E-state index contributed by atoms with van der Waals surface area (Å²) in [5, 5.41) is 12.6. The van der Waals surface area contributed by atoms with Gasteiger partial charge in [0, 0.05) is 38.6 Å². The number of benzene rings is 1. The predicted octanol–water partition coefficient (Wildman–Crippen LogP) is 1.91. The molecule has 0 aliphatic carbocycles. The number of urea groups is 1. The molecule has 6 heteroatoms. The molecular formula is C18H24N4O2. The number of aromatic nitrogens is 2. The third kappa shape index (κ3) is 4.14. The third-order valence-corrected chi connectivity index (χ3v) is 4.40. The quantitative estimate of drug-likeness (QED) is 0.901. The number of nitrogens with zero attached hydrogens (tertiary/aromatic N) is 3. The fourth-order valence-electron chi connectivity index (χ4n) is 3.03. The van der Waals surface area contributed by atoms with E-state index in [0.29, 0.717) is 19.6 Å². The van der Waals surface area contributed by atoms with E-state index in [0.717, 1.165) is 30.8 Å². The van der Waals surface area contributed by atoms with E-state index in [-0.39, 0.29) is 6.03 Å². The van der Waals surface area contributed by atoms with Gasteiger partial charge in [0.15, 0.2) is 0 Å².